The van der Waals surface area contributed by atoms with Crippen molar-refractivity contribution in [1.29, 1.82) is 0 Å². The molecule has 5 nitrogen and oxygen atoms in total. The maximum atomic E-state index is 9.95. The Balaban J connectivity index is 0. The van der Waals surface area contributed by atoms with Gasteiger partial charge >= 0.3 is 8.80 Å². The first-order valence-electron chi connectivity index (χ1n) is 3.99. The van der Waals surface area contributed by atoms with Gasteiger partial charge in [0.05, 0.1) is 0 Å². The van der Waals surface area contributed by atoms with E-state index in [1.54, 1.807) is 28.4 Å². The van der Waals surface area contributed by atoms with E-state index < -0.39 is 8.80 Å². The first kappa shape index (κ1) is 15.8. The number of amides is 1. The van der Waals surface area contributed by atoms with Gasteiger partial charge in [-0.15, -0.1) is 0 Å². The van der Waals surface area contributed by atoms with Crippen LogP contribution in [0.5, 0.6) is 0 Å². The zero-order chi connectivity index (χ0) is 11.6. The summed E-state index contributed by atoms with van der Waals surface area (Å²) in [6, 6.07) is 0. The standard InChI is InChI=1S/C4H7NO.C4H12O3Si/c1-3-4(6)5-2;1-5-8(4,6-2)7-3/h3H,1H2,2H3,(H,5,6);1-4H3. The van der Waals surface area contributed by atoms with Crippen LogP contribution < -0.4 is 5.32 Å². The van der Waals surface area contributed by atoms with Crippen molar-refractivity contribution in [1.82, 2.24) is 5.32 Å². The average Bonchev–Trinajstić information content (AvgIpc) is 2.27. The first-order valence-corrected chi connectivity index (χ1v) is 6.21. The van der Waals surface area contributed by atoms with E-state index in [9.17, 15) is 4.79 Å². The van der Waals surface area contributed by atoms with Crippen LogP contribution in [0.2, 0.25) is 6.55 Å². The number of nitrogens with one attached hydrogen (secondary N) is 1. The highest BCUT2D eigenvalue weighted by Gasteiger charge is 2.29. The minimum absolute atomic E-state index is 0.144. The third kappa shape index (κ3) is 7.93. The molecule has 0 atom stereocenters. The number of likely N-dealkylation sites (N-methyl/N-ethyl adjacent to an activating group) is 1. The summed E-state index contributed by atoms with van der Waals surface area (Å²) in [4.78, 5) is 9.95. The van der Waals surface area contributed by atoms with Crippen molar-refractivity contribution in [3.63, 3.8) is 0 Å². The van der Waals surface area contributed by atoms with Crippen molar-refractivity contribution in [2.75, 3.05) is 28.4 Å². The molecule has 1 amide bonds. The second-order valence-electron chi connectivity index (χ2n) is 2.29. The highest BCUT2D eigenvalue weighted by Crippen LogP contribution is 2.02. The molecular formula is C8H19NO4Si. The van der Waals surface area contributed by atoms with Crippen LogP contribution in [0.3, 0.4) is 0 Å². The molecule has 0 aliphatic rings. The molecule has 14 heavy (non-hydrogen) atoms. The number of rotatable bonds is 4. The van der Waals surface area contributed by atoms with Gasteiger partial charge in [0.1, 0.15) is 0 Å². The minimum Gasteiger partial charge on any atom is -0.377 e. The lowest BCUT2D eigenvalue weighted by Crippen LogP contribution is -2.38. The molecule has 0 saturated carbocycles. The lowest BCUT2D eigenvalue weighted by molar-refractivity contribution is -0.116. The van der Waals surface area contributed by atoms with Gasteiger partial charge in [0.15, 0.2) is 0 Å². The molecule has 84 valence electrons. The van der Waals surface area contributed by atoms with Gasteiger partial charge in [-0.1, -0.05) is 6.58 Å². The first-order chi connectivity index (χ1) is 6.49. The van der Waals surface area contributed by atoms with Gasteiger partial charge in [0.25, 0.3) is 0 Å². The smallest absolute Gasteiger partial charge is 0.377 e. The van der Waals surface area contributed by atoms with E-state index in [0.29, 0.717) is 0 Å². The van der Waals surface area contributed by atoms with E-state index in [4.69, 9.17) is 13.3 Å². The maximum absolute atomic E-state index is 9.95. The van der Waals surface area contributed by atoms with Gasteiger partial charge in [-0.3, -0.25) is 4.79 Å². The summed E-state index contributed by atoms with van der Waals surface area (Å²) < 4.78 is 14.8. The third-order valence-corrected chi connectivity index (χ3v) is 3.77. The number of hydrogen-bond donors (Lipinski definition) is 1. The van der Waals surface area contributed by atoms with Crippen molar-refractivity contribution < 1.29 is 18.1 Å². The number of carbonyl (C=O) groups is 1. The molecule has 0 aromatic carbocycles. The number of hydrogen-bond acceptors (Lipinski definition) is 4. The molecule has 0 unspecified atom stereocenters. The molecule has 0 aliphatic carbocycles. The fraction of sp³-hybridized carbons (Fsp3) is 0.625. The van der Waals surface area contributed by atoms with Gasteiger partial charge in [0, 0.05) is 34.9 Å². The molecule has 0 fully saturated rings. The number of carbonyl (C=O) groups excluding carboxylic acids is 1. The van der Waals surface area contributed by atoms with Gasteiger partial charge in [-0.25, -0.2) is 0 Å². The zero-order valence-electron chi connectivity index (χ0n) is 9.42. The van der Waals surface area contributed by atoms with Crippen LogP contribution in [0, 0.1) is 0 Å². The van der Waals surface area contributed by atoms with Crippen molar-refractivity contribution in [2.45, 2.75) is 6.55 Å². The highest BCUT2D eigenvalue weighted by molar-refractivity contribution is 6.58. The largest absolute Gasteiger partial charge is 0.496 e. The van der Waals surface area contributed by atoms with Crippen LogP contribution in [0.4, 0.5) is 0 Å². The summed E-state index contributed by atoms with van der Waals surface area (Å²) in [6.07, 6.45) is 1.22. The van der Waals surface area contributed by atoms with E-state index in [0.717, 1.165) is 0 Å². The fourth-order valence-electron chi connectivity index (χ4n) is 0.352. The molecule has 0 heterocycles. The van der Waals surface area contributed by atoms with E-state index in [1.807, 2.05) is 6.55 Å². The lowest BCUT2D eigenvalue weighted by Gasteiger charge is -2.18. The Morgan fingerprint density at radius 1 is 1.29 bits per heavy atom. The molecule has 0 bridgehead atoms. The summed E-state index contributed by atoms with van der Waals surface area (Å²) >= 11 is 0. The summed E-state index contributed by atoms with van der Waals surface area (Å²) in [7, 11) is 4.14. The van der Waals surface area contributed by atoms with E-state index in [1.165, 1.54) is 6.08 Å². The predicted molar refractivity (Wildman–Crippen MR) is 56.9 cm³/mol. The molecule has 1 N–H and O–H groups in total. The highest BCUT2D eigenvalue weighted by atomic mass is 28.4. The third-order valence-electron chi connectivity index (χ3n) is 1.54. The molecule has 0 aromatic rings. The molecule has 0 aliphatic heterocycles. The van der Waals surface area contributed by atoms with Crippen LogP contribution in [-0.2, 0) is 18.1 Å². The second-order valence-corrected chi connectivity index (χ2v) is 5.24. The molecule has 0 aromatic heterocycles. The lowest BCUT2D eigenvalue weighted by atomic mass is 10.6. The monoisotopic (exact) mass is 221 g/mol. The minimum atomic E-state index is -2.17. The van der Waals surface area contributed by atoms with E-state index >= 15 is 0 Å². The van der Waals surface area contributed by atoms with Crippen molar-refractivity contribution in [3.8, 4) is 0 Å². The summed E-state index contributed by atoms with van der Waals surface area (Å²) in [5, 5.41) is 2.36. The van der Waals surface area contributed by atoms with E-state index in [2.05, 4.69) is 11.9 Å². The normalized spacial score (nSPS) is 9.79. The van der Waals surface area contributed by atoms with Crippen molar-refractivity contribution in [2.24, 2.45) is 0 Å². The molecule has 0 rings (SSSR count). The fourth-order valence-corrected chi connectivity index (χ4v) is 0.852. The molecule has 6 heteroatoms. The van der Waals surface area contributed by atoms with Crippen LogP contribution in [-0.4, -0.2) is 43.1 Å². The van der Waals surface area contributed by atoms with Crippen LogP contribution in [0.1, 0.15) is 0 Å². The quantitative estimate of drug-likeness (QED) is 0.552. The predicted octanol–water partition coefficient (Wildman–Crippen LogP) is 0.413. The Morgan fingerprint density at radius 2 is 1.64 bits per heavy atom. The Kier molecular flexibility index (Phi) is 10.0. The van der Waals surface area contributed by atoms with Crippen molar-refractivity contribution >= 4 is 14.7 Å². The average molecular weight is 221 g/mol. The Labute approximate surface area is 86.4 Å². The van der Waals surface area contributed by atoms with Crippen LogP contribution >= 0.6 is 0 Å². The summed E-state index contributed by atoms with van der Waals surface area (Å²) in [5.74, 6) is -0.144. The molecular weight excluding hydrogens is 202 g/mol. The van der Waals surface area contributed by atoms with Crippen LogP contribution in [0.15, 0.2) is 12.7 Å². The van der Waals surface area contributed by atoms with Crippen LogP contribution in [0.25, 0.3) is 0 Å². The van der Waals surface area contributed by atoms with Gasteiger partial charge < -0.3 is 18.6 Å². The maximum Gasteiger partial charge on any atom is 0.496 e. The molecule has 0 saturated heterocycles. The Morgan fingerprint density at radius 3 is 1.64 bits per heavy atom. The Hall–Kier alpha value is -0.693. The second kappa shape index (κ2) is 8.89. The molecule has 0 spiro atoms. The van der Waals surface area contributed by atoms with Crippen molar-refractivity contribution in [3.05, 3.63) is 12.7 Å². The zero-order valence-corrected chi connectivity index (χ0v) is 10.4. The van der Waals surface area contributed by atoms with E-state index in [-0.39, 0.29) is 5.91 Å². The summed E-state index contributed by atoms with van der Waals surface area (Å²) in [5.41, 5.74) is 0. The summed E-state index contributed by atoms with van der Waals surface area (Å²) in [6.45, 7) is 5.05. The topological polar surface area (TPSA) is 56.8 Å². The van der Waals surface area contributed by atoms with Gasteiger partial charge in [-0.2, -0.15) is 0 Å². The van der Waals surface area contributed by atoms with Gasteiger partial charge in [0.2, 0.25) is 5.91 Å². The SMILES string of the molecule is C=CC(=O)NC.CO[Si](C)(OC)OC. The molecule has 0 radical (unpaired) electrons. The Bertz CT molecular complexity index is 162. The van der Waals surface area contributed by atoms with Gasteiger partial charge in [-0.05, 0) is 6.08 Å².